The van der Waals surface area contributed by atoms with Gasteiger partial charge in [0.1, 0.15) is 5.75 Å². The van der Waals surface area contributed by atoms with Crippen LogP contribution in [0, 0.1) is 13.8 Å². The molecule has 1 aliphatic rings. The Bertz CT molecular complexity index is 949. The number of primary amides is 1. The maximum Gasteiger partial charge on any atom is 0.217 e. The number of carbonyl (C=O) groups is 2. The minimum absolute atomic E-state index is 0.170. The maximum absolute atomic E-state index is 11.8. The van der Waals surface area contributed by atoms with Crippen molar-refractivity contribution in [3.8, 4) is 5.75 Å². The third-order valence-electron chi connectivity index (χ3n) is 7.10. The summed E-state index contributed by atoms with van der Waals surface area (Å²) in [6.07, 6.45) is 12.3. The lowest BCUT2D eigenvalue weighted by Crippen LogP contribution is -2.20. The molecule has 2 N–H and O–H groups in total. The lowest BCUT2D eigenvalue weighted by Gasteiger charge is -2.15. The molecule has 210 valence electrons. The number of amides is 1. The number of ketones is 1. The molecule has 0 saturated carbocycles. The fourth-order valence-corrected chi connectivity index (χ4v) is 4.65. The predicted octanol–water partition coefficient (Wildman–Crippen LogP) is 7.21. The first-order valence-electron chi connectivity index (χ1n) is 14.7. The van der Waals surface area contributed by atoms with Gasteiger partial charge in [-0.2, -0.15) is 0 Å². The van der Waals surface area contributed by atoms with Crippen LogP contribution in [-0.2, 0) is 11.2 Å². The van der Waals surface area contributed by atoms with Crippen molar-refractivity contribution in [1.29, 1.82) is 0 Å². The van der Waals surface area contributed by atoms with Gasteiger partial charge in [0.25, 0.3) is 0 Å². The standard InChI is InChI=1S/C19H31NO.C14H19NO2/c1-3-4-7-15-21-19-16-18(11-10-17(19)2)9-8-14-20-12-5-6-13-20;1-11-7-9-12(10-8-11)13(16)5-3-2-4-6-14(15)17/h10-11,16H,3-9,12-15H2,1-2H3;7-10H,2-6H2,1H3,(H2,15,17). The number of aryl methyl sites for hydroxylation is 3. The van der Waals surface area contributed by atoms with Crippen molar-refractivity contribution in [2.75, 3.05) is 26.2 Å². The Hall–Kier alpha value is -2.66. The first-order chi connectivity index (χ1) is 18.4. The van der Waals surface area contributed by atoms with Crippen molar-refractivity contribution >= 4 is 11.7 Å². The van der Waals surface area contributed by atoms with Gasteiger partial charge in [-0.05, 0) is 95.6 Å². The number of unbranched alkanes of at least 4 members (excludes halogenated alkanes) is 4. The molecule has 0 bridgehead atoms. The quantitative estimate of drug-likeness (QED) is 0.187. The highest BCUT2D eigenvalue weighted by Crippen LogP contribution is 2.21. The monoisotopic (exact) mass is 522 g/mol. The van der Waals surface area contributed by atoms with Crippen molar-refractivity contribution in [3.05, 3.63) is 64.7 Å². The number of rotatable bonds is 16. The summed E-state index contributed by atoms with van der Waals surface area (Å²) in [5, 5.41) is 0. The Morgan fingerprint density at radius 2 is 1.58 bits per heavy atom. The second kappa shape index (κ2) is 18.6. The van der Waals surface area contributed by atoms with E-state index in [0.717, 1.165) is 49.2 Å². The maximum atomic E-state index is 11.8. The largest absolute Gasteiger partial charge is 0.493 e. The first kappa shape index (κ1) is 31.6. The number of hydrogen-bond acceptors (Lipinski definition) is 4. The molecule has 3 rings (SSSR count). The number of carbonyl (C=O) groups excluding carboxylic acids is 2. The van der Waals surface area contributed by atoms with Crippen LogP contribution in [0.1, 0.15) is 105 Å². The summed E-state index contributed by atoms with van der Waals surface area (Å²) in [4.78, 5) is 24.9. The average Bonchev–Trinajstić information content (AvgIpc) is 3.42. The van der Waals surface area contributed by atoms with Crippen molar-refractivity contribution in [2.24, 2.45) is 5.73 Å². The lowest BCUT2D eigenvalue weighted by atomic mass is 10.0. The van der Waals surface area contributed by atoms with Crippen molar-refractivity contribution in [3.63, 3.8) is 0 Å². The van der Waals surface area contributed by atoms with Gasteiger partial charge in [0.2, 0.25) is 5.91 Å². The van der Waals surface area contributed by atoms with E-state index < -0.39 is 0 Å². The molecule has 0 spiro atoms. The Morgan fingerprint density at radius 3 is 2.26 bits per heavy atom. The normalized spacial score (nSPS) is 13.1. The molecular formula is C33H50N2O3. The molecule has 5 heteroatoms. The van der Waals surface area contributed by atoms with Crippen molar-refractivity contribution in [2.45, 2.75) is 97.8 Å². The van der Waals surface area contributed by atoms with E-state index in [1.807, 2.05) is 31.2 Å². The van der Waals surface area contributed by atoms with Gasteiger partial charge in [-0.15, -0.1) is 0 Å². The predicted molar refractivity (Wildman–Crippen MR) is 158 cm³/mol. The zero-order valence-electron chi connectivity index (χ0n) is 24.1. The molecule has 0 unspecified atom stereocenters. The van der Waals surface area contributed by atoms with Crippen LogP contribution in [0.4, 0.5) is 0 Å². The molecule has 1 aliphatic heterocycles. The molecule has 5 nitrogen and oxygen atoms in total. The van der Waals surface area contributed by atoms with Gasteiger partial charge in [0.05, 0.1) is 6.61 Å². The second-order valence-corrected chi connectivity index (χ2v) is 10.6. The SMILES string of the molecule is CCCCCOc1cc(CCCN2CCCC2)ccc1C.Cc1ccc(C(=O)CCCCCC(N)=O)cc1. The highest BCUT2D eigenvalue weighted by Gasteiger charge is 2.11. The van der Waals surface area contributed by atoms with Gasteiger partial charge >= 0.3 is 0 Å². The van der Waals surface area contributed by atoms with E-state index >= 15 is 0 Å². The topological polar surface area (TPSA) is 72.6 Å². The van der Waals surface area contributed by atoms with E-state index in [9.17, 15) is 9.59 Å². The molecule has 0 radical (unpaired) electrons. The van der Waals surface area contributed by atoms with Crippen LogP contribution in [0.15, 0.2) is 42.5 Å². The number of nitrogens with two attached hydrogens (primary N) is 1. The number of nitrogens with zero attached hydrogens (tertiary/aromatic N) is 1. The number of benzene rings is 2. The third-order valence-corrected chi connectivity index (χ3v) is 7.10. The highest BCUT2D eigenvalue weighted by atomic mass is 16.5. The molecular weight excluding hydrogens is 472 g/mol. The Kier molecular flexibility index (Phi) is 15.4. The number of likely N-dealkylation sites (tertiary alicyclic amines) is 1. The zero-order valence-corrected chi connectivity index (χ0v) is 24.1. The van der Waals surface area contributed by atoms with E-state index in [-0.39, 0.29) is 11.7 Å². The van der Waals surface area contributed by atoms with E-state index in [4.69, 9.17) is 10.5 Å². The second-order valence-electron chi connectivity index (χ2n) is 10.6. The third kappa shape index (κ3) is 13.2. The fraction of sp³-hybridized carbons (Fsp3) is 0.576. The number of hydrogen-bond donors (Lipinski definition) is 1. The molecule has 1 heterocycles. The molecule has 1 saturated heterocycles. The summed E-state index contributed by atoms with van der Waals surface area (Å²) in [5.41, 5.74) is 9.64. The van der Waals surface area contributed by atoms with Crippen LogP contribution in [0.25, 0.3) is 0 Å². The molecule has 38 heavy (non-hydrogen) atoms. The molecule has 0 aromatic heterocycles. The highest BCUT2D eigenvalue weighted by molar-refractivity contribution is 5.96. The van der Waals surface area contributed by atoms with Gasteiger partial charge in [-0.25, -0.2) is 0 Å². The molecule has 1 fully saturated rings. The van der Waals surface area contributed by atoms with E-state index in [1.165, 1.54) is 69.3 Å². The Morgan fingerprint density at radius 1 is 0.868 bits per heavy atom. The van der Waals surface area contributed by atoms with E-state index in [1.54, 1.807) is 0 Å². The Balaban J connectivity index is 0.000000273. The van der Waals surface area contributed by atoms with E-state index in [2.05, 4.69) is 36.9 Å². The van der Waals surface area contributed by atoms with Gasteiger partial charge in [0.15, 0.2) is 5.78 Å². The zero-order chi connectivity index (χ0) is 27.6. The summed E-state index contributed by atoms with van der Waals surface area (Å²) in [6.45, 7) is 11.1. The summed E-state index contributed by atoms with van der Waals surface area (Å²) in [6, 6.07) is 14.3. The Labute approximate surface area is 231 Å². The molecule has 2 aromatic rings. The summed E-state index contributed by atoms with van der Waals surface area (Å²) >= 11 is 0. The van der Waals surface area contributed by atoms with Crippen LogP contribution in [-0.4, -0.2) is 42.8 Å². The molecule has 2 aromatic carbocycles. The van der Waals surface area contributed by atoms with Gasteiger partial charge in [-0.1, -0.05) is 68.1 Å². The molecule has 1 amide bonds. The number of Topliss-reactive ketones (excluding diaryl/α,β-unsaturated/α-hetero) is 1. The van der Waals surface area contributed by atoms with Crippen molar-refractivity contribution < 1.29 is 14.3 Å². The van der Waals surface area contributed by atoms with Gasteiger partial charge in [0, 0.05) is 18.4 Å². The van der Waals surface area contributed by atoms with Crippen LogP contribution in [0.2, 0.25) is 0 Å². The summed E-state index contributed by atoms with van der Waals surface area (Å²) in [7, 11) is 0. The van der Waals surface area contributed by atoms with Crippen LogP contribution >= 0.6 is 0 Å². The molecule has 0 atom stereocenters. The minimum atomic E-state index is -0.269. The van der Waals surface area contributed by atoms with Gasteiger partial charge in [-0.3, -0.25) is 9.59 Å². The van der Waals surface area contributed by atoms with Crippen LogP contribution in [0.3, 0.4) is 0 Å². The number of ether oxygens (including phenoxy) is 1. The smallest absolute Gasteiger partial charge is 0.217 e. The lowest BCUT2D eigenvalue weighted by molar-refractivity contribution is -0.118. The van der Waals surface area contributed by atoms with Crippen molar-refractivity contribution in [1.82, 2.24) is 4.90 Å². The summed E-state index contributed by atoms with van der Waals surface area (Å²) in [5.74, 6) is 0.990. The van der Waals surface area contributed by atoms with E-state index in [0.29, 0.717) is 12.8 Å². The fourth-order valence-electron chi connectivity index (χ4n) is 4.65. The summed E-state index contributed by atoms with van der Waals surface area (Å²) < 4.78 is 5.95. The van der Waals surface area contributed by atoms with Crippen LogP contribution in [0.5, 0.6) is 5.75 Å². The minimum Gasteiger partial charge on any atom is -0.493 e. The first-order valence-corrected chi connectivity index (χ1v) is 14.7. The molecule has 0 aliphatic carbocycles. The van der Waals surface area contributed by atoms with Crippen LogP contribution < -0.4 is 10.5 Å². The van der Waals surface area contributed by atoms with Gasteiger partial charge < -0.3 is 15.4 Å². The average molecular weight is 523 g/mol.